The molecule has 0 amide bonds. The van der Waals surface area contributed by atoms with Gasteiger partial charge in [0.2, 0.25) is 0 Å². The van der Waals surface area contributed by atoms with Crippen LogP contribution in [0.1, 0.15) is 29.9 Å². The van der Waals surface area contributed by atoms with E-state index in [2.05, 4.69) is 30.4 Å². The van der Waals surface area contributed by atoms with Crippen molar-refractivity contribution in [2.24, 2.45) is 0 Å². The van der Waals surface area contributed by atoms with Crippen molar-refractivity contribution in [1.82, 2.24) is 5.32 Å². The van der Waals surface area contributed by atoms with Gasteiger partial charge < -0.3 is 10.1 Å². The molecule has 1 unspecified atom stereocenters. The standard InChI is InChI=1S/C13H19NO.ClH/c1-10-5-6-11(8-13(10)15-2)12-4-3-7-14-9-12;/h5-6,8,12,14H,3-4,7,9H2,1-2H3;1H. The van der Waals surface area contributed by atoms with E-state index in [1.54, 1.807) is 7.11 Å². The average molecular weight is 242 g/mol. The number of hydrogen-bond donors (Lipinski definition) is 1. The molecule has 1 aliphatic heterocycles. The molecule has 1 aromatic carbocycles. The van der Waals surface area contributed by atoms with Gasteiger partial charge in [-0.1, -0.05) is 12.1 Å². The largest absolute Gasteiger partial charge is 0.496 e. The van der Waals surface area contributed by atoms with Gasteiger partial charge in [0.05, 0.1) is 7.11 Å². The lowest BCUT2D eigenvalue weighted by atomic mass is 9.91. The highest BCUT2D eigenvalue weighted by molar-refractivity contribution is 5.85. The van der Waals surface area contributed by atoms with Gasteiger partial charge in [-0.2, -0.15) is 0 Å². The highest BCUT2D eigenvalue weighted by atomic mass is 35.5. The Labute approximate surface area is 104 Å². The van der Waals surface area contributed by atoms with Crippen LogP contribution in [0.3, 0.4) is 0 Å². The van der Waals surface area contributed by atoms with Gasteiger partial charge in [0, 0.05) is 6.54 Å². The first-order valence-corrected chi connectivity index (χ1v) is 5.66. The smallest absolute Gasteiger partial charge is 0.122 e. The quantitative estimate of drug-likeness (QED) is 0.860. The summed E-state index contributed by atoms with van der Waals surface area (Å²) in [5.74, 6) is 1.67. The summed E-state index contributed by atoms with van der Waals surface area (Å²) in [5, 5.41) is 3.44. The molecular weight excluding hydrogens is 222 g/mol. The van der Waals surface area contributed by atoms with Crippen LogP contribution in [-0.2, 0) is 0 Å². The molecule has 0 bridgehead atoms. The van der Waals surface area contributed by atoms with Crippen molar-refractivity contribution in [3.8, 4) is 5.75 Å². The van der Waals surface area contributed by atoms with Gasteiger partial charge in [-0.3, -0.25) is 0 Å². The third-order valence-corrected chi connectivity index (χ3v) is 3.20. The van der Waals surface area contributed by atoms with E-state index < -0.39 is 0 Å². The van der Waals surface area contributed by atoms with Crippen molar-refractivity contribution >= 4 is 12.4 Å². The number of methoxy groups -OCH3 is 1. The number of aryl methyl sites for hydroxylation is 1. The molecule has 1 aliphatic rings. The fraction of sp³-hybridized carbons (Fsp3) is 0.538. The predicted molar refractivity (Wildman–Crippen MR) is 69.8 cm³/mol. The van der Waals surface area contributed by atoms with E-state index in [4.69, 9.17) is 4.74 Å². The molecule has 2 rings (SSSR count). The van der Waals surface area contributed by atoms with Crippen LogP contribution >= 0.6 is 12.4 Å². The lowest BCUT2D eigenvalue weighted by Gasteiger charge is -2.23. The highest BCUT2D eigenvalue weighted by Crippen LogP contribution is 2.28. The minimum absolute atomic E-state index is 0. The van der Waals surface area contributed by atoms with Crippen LogP contribution in [0, 0.1) is 6.92 Å². The van der Waals surface area contributed by atoms with E-state index in [1.807, 2.05) is 0 Å². The van der Waals surface area contributed by atoms with Gasteiger partial charge in [-0.25, -0.2) is 0 Å². The summed E-state index contributed by atoms with van der Waals surface area (Å²) in [4.78, 5) is 0. The number of halogens is 1. The van der Waals surface area contributed by atoms with E-state index in [9.17, 15) is 0 Å². The SMILES string of the molecule is COc1cc(C2CCCNC2)ccc1C.Cl. The van der Waals surface area contributed by atoms with Crippen LogP contribution in [0.4, 0.5) is 0 Å². The molecule has 1 atom stereocenters. The third-order valence-electron chi connectivity index (χ3n) is 3.20. The topological polar surface area (TPSA) is 21.3 Å². The summed E-state index contributed by atoms with van der Waals surface area (Å²) in [7, 11) is 1.74. The maximum absolute atomic E-state index is 5.36. The summed E-state index contributed by atoms with van der Waals surface area (Å²) in [5.41, 5.74) is 2.62. The first-order valence-electron chi connectivity index (χ1n) is 5.66. The lowest BCUT2D eigenvalue weighted by molar-refractivity contribution is 0.408. The summed E-state index contributed by atoms with van der Waals surface area (Å²) >= 11 is 0. The number of nitrogens with one attached hydrogen (secondary N) is 1. The van der Waals surface area contributed by atoms with Crippen molar-refractivity contribution in [1.29, 1.82) is 0 Å². The van der Waals surface area contributed by atoms with Gasteiger partial charge in [0.25, 0.3) is 0 Å². The van der Waals surface area contributed by atoms with Gasteiger partial charge in [-0.15, -0.1) is 12.4 Å². The number of rotatable bonds is 2. The molecule has 2 nitrogen and oxygen atoms in total. The Kier molecular flexibility index (Phi) is 5.10. The Bertz CT molecular complexity index is 335. The molecule has 16 heavy (non-hydrogen) atoms. The maximum atomic E-state index is 5.36. The van der Waals surface area contributed by atoms with E-state index in [0.29, 0.717) is 5.92 Å². The number of hydrogen-bond acceptors (Lipinski definition) is 2. The van der Waals surface area contributed by atoms with Gasteiger partial charge in [0.1, 0.15) is 5.75 Å². The second kappa shape index (κ2) is 6.12. The minimum atomic E-state index is 0. The zero-order valence-electron chi connectivity index (χ0n) is 9.95. The lowest BCUT2D eigenvalue weighted by Crippen LogP contribution is -2.28. The fourth-order valence-electron chi connectivity index (χ4n) is 2.23. The van der Waals surface area contributed by atoms with Gasteiger partial charge >= 0.3 is 0 Å². The van der Waals surface area contributed by atoms with Crippen molar-refractivity contribution in [3.05, 3.63) is 29.3 Å². The molecule has 1 heterocycles. The Balaban J connectivity index is 0.00000128. The Morgan fingerprint density at radius 1 is 1.38 bits per heavy atom. The van der Waals surface area contributed by atoms with Crippen LogP contribution < -0.4 is 10.1 Å². The molecule has 0 radical (unpaired) electrons. The Morgan fingerprint density at radius 3 is 2.81 bits per heavy atom. The van der Waals surface area contributed by atoms with E-state index in [-0.39, 0.29) is 12.4 Å². The zero-order valence-corrected chi connectivity index (χ0v) is 10.8. The molecule has 0 aromatic heterocycles. The molecule has 0 saturated carbocycles. The van der Waals surface area contributed by atoms with Gasteiger partial charge in [-0.05, 0) is 49.4 Å². The highest BCUT2D eigenvalue weighted by Gasteiger charge is 2.15. The van der Waals surface area contributed by atoms with Crippen LogP contribution in [0.25, 0.3) is 0 Å². The molecule has 1 N–H and O–H groups in total. The normalized spacial score (nSPS) is 20.0. The second-order valence-corrected chi connectivity index (χ2v) is 4.27. The molecule has 0 spiro atoms. The molecular formula is C13H20ClNO. The zero-order chi connectivity index (χ0) is 10.7. The van der Waals surface area contributed by atoms with E-state index >= 15 is 0 Å². The Morgan fingerprint density at radius 2 is 2.19 bits per heavy atom. The number of piperidine rings is 1. The fourth-order valence-corrected chi connectivity index (χ4v) is 2.23. The van der Waals surface area contributed by atoms with Crippen molar-refractivity contribution in [2.75, 3.05) is 20.2 Å². The molecule has 0 aliphatic carbocycles. The van der Waals surface area contributed by atoms with Crippen molar-refractivity contribution in [3.63, 3.8) is 0 Å². The van der Waals surface area contributed by atoms with E-state index in [0.717, 1.165) is 12.3 Å². The molecule has 3 heteroatoms. The number of ether oxygens (including phenoxy) is 1. The summed E-state index contributed by atoms with van der Waals surface area (Å²) < 4.78 is 5.36. The first-order chi connectivity index (χ1) is 7.31. The van der Waals surface area contributed by atoms with Crippen LogP contribution in [0.5, 0.6) is 5.75 Å². The maximum Gasteiger partial charge on any atom is 0.122 e. The Hall–Kier alpha value is -0.730. The second-order valence-electron chi connectivity index (χ2n) is 4.27. The van der Waals surface area contributed by atoms with Gasteiger partial charge in [0.15, 0.2) is 0 Å². The van der Waals surface area contributed by atoms with Crippen molar-refractivity contribution in [2.45, 2.75) is 25.7 Å². The third kappa shape index (κ3) is 2.89. The monoisotopic (exact) mass is 241 g/mol. The van der Waals surface area contributed by atoms with Crippen molar-refractivity contribution < 1.29 is 4.74 Å². The molecule has 1 fully saturated rings. The summed E-state index contributed by atoms with van der Waals surface area (Å²) in [6.07, 6.45) is 2.57. The molecule has 1 aromatic rings. The van der Waals surface area contributed by atoms with Crippen LogP contribution in [-0.4, -0.2) is 20.2 Å². The van der Waals surface area contributed by atoms with E-state index in [1.165, 1.54) is 30.5 Å². The number of benzene rings is 1. The summed E-state index contributed by atoms with van der Waals surface area (Å²) in [6, 6.07) is 6.57. The first kappa shape index (κ1) is 13.3. The minimum Gasteiger partial charge on any atom is -0.496 e. The summed E-state index contributed by atoms with van der Waals surface area (Å²) in [6.45, 7) is 4.35. The van der Waals surface area contributed by atoms with Crippen LogP contribution in [0.2, 0.25) is 0 Å². The van der Waals surface area contributed by atoms with Crippen LogP contribution in [0.15, 0.2) is 18.2 Å². The molecule has 90 valence electrons. The predicted octanol–water partition coefficient (Wildman–Crippen LogP) is 2.89. The average Bonchev–Trinajstić information content (AvgIpc) is 2.31. The molecule has 1 saturated heterocycles.